The molecular weight excluding hydrogens is 254 g/mol. The van der Waals surface area contributed by atoms with E-state index in [0.29, 0.717) is 17.7 Å². The van der Waals surface area contributed by atoms with Crippen LogP contribution < -0.4 is 5.32 Å². The second-order valence-electron chi connectivity index (χ2n) is 5.55. The normalized spacial score (nSPS) is 19.3. The molecule has 0 spiro atoms. The number of methoxy groups -OCH3 is 1. The average Bonchev–Trinajstić information content (AvgIpc) is 2.93. The summed E-state index contributed by atoms with van der Waals surface area (Å²) < 4.78 is 4.67. The van der Waals surface area contributed by atoms with Crippen LogP contribution in [0.4, 0.5) is 5.69 Å². The molecule has 5 heteroatoms. The van der Waals surface area contributed by atoms with E-state index in [2.05, 4.69) is 33.8 Å². The van der Waals surface area contributed by atoms with Crippen LogP contribution in [0.2, 0.25) is 0 Å². The van der Waals surface area contributed by atoms with E-state index in [4.69, 9.17) is 0 Å². The van der Waals surface area contributed by atoms with Gasteiger partial charge in [-0.3, -0.25) is 0 Å². The third kappa shape index (κ3) is 3.70. The summed E-state index contributed by atoms with van der Waals surface area (Å²) >= 11 is 0. The number of nitrogens with zero attached hydrogens (tertiary/aromatic N) is 2. The lowest BCUT2D eigenvalue weighted by Gasteiger charge is -2.20. The first kappa shape index (κ1) is 14.8. The van der Waals surface area contributed by atoms with E-state index in [-0.39, 0.29) is 0 Å². The highest BCUT2D eigenvalue weighted by Gasteiger charge is 2.23. The van der Waals surface area contributed by atoms with Gasteiger partial charge in [0.25, 0.3) is 0 Å². The van der Waals surface area contributed by atoms with Gasteiger partial charge in [0.2, 0.25) is 0 Å². The van der Waals surface area contributed by atoms with Crippen molar-refractivity contribution in [2.75, 3.05) is 32.1 Å². The highest BCUT2D eigenvalue weighted by atomic mass is 16.5. The van der Waals surface area contributed by atoms with Gasteiger partial charge in [-0.2, -0.15) is 0 Å². The number of pyridine rings is 1. The molecule has 1 atom stereocenters. The van der Waals surface area contributed by atoms with Crippen LogP contribution in [-0.2, 0) is 4.74 Å². The number of hydrogen-bond donors (Lipinski definition) is 1. The third-order valence-corrected chi connectivity index (χ3v) is 3.80. The lowest BCUT2D eigenvalue weighted by molar-refractivity contribution is 0.0594. The standard InChI is InChI=1S/C15H23N3O2/c1-11(2)18-7-5-12(10-18)9-17-13-4-6-16-14(8-13)15(19)20-3/h4,6,8,11-12H,5,7,9-10H2,1-3H3,(H,16,17). The molecule has 5 nitrogen and oxygen atoms in total. The molecule has 110 valence electrons. The summed E-state index contributed by atoms with van der Waals surface area (Å²) in [5, 5.41) is 3.39. The molecule has 0 aliphatic carbocycles. The largest absolute Gasteiger partial charge is 0.464 e. The summed E-state index contributed by atoms with van der Waals surface area (Å²) in [6.45, 7) is 7.71. The molecule has 1 fully saturated rings. The quantitative estimate of drug-likeness (QED) is 0.834. The van der Waals surface area contributed by atoms with Crippen molar-refractivity contribution in [1.82, 2.24) is 9.88 Å². The number of carbonyl (C=O) groups excluding carboxylic acids is 1. The van der Waals surface area contributed by atoms with Gasteiger partial charge in [0.1, 0.15) is 5.69 Å². The molecule has 1 saturated heterocycles. The van der Waals surface area contributed by atoms with E-state index in [0.717, 1.165) is 18.8 Å². The molecule has 1 aromatic heterocycles. The van der Waals surface area contributed by atoms with Crippen LogP contribution in [0.5, 0.6) is 0 Å². The summed E-state index contributed by atoms with van der Waals surface area (Å²) in [4.78, 5) is 17.9. The first-order chi connectivity index (χ1) is 9.60. The molecule has 0 amide bonds. The Labute approximate surface area is 120 Å². The van der Waals surface area contributed by atoms with Crippen molar-refractivity contribution in [3.63, 3.8) is 0 Å². The fraction of sp³-hybridized carbons (Fsp3) is 0.600. The van der Waals surface area contributed by atoms with Gasteiger partial charge in [0, 0.05) is 31.0 Å². The Bertz CT molecular complexity index is 462. The van der Waals surface area contributed by atoms with Crippen molar-refractivity contribution in [3.8, 4) is 0 Å². The summed E-state index contributed by atoms with van der Waals surface area (Å²) in [5.74, 6) is 0.257. The number of nitrogens with one attached hydrogen (secondary N) is 1. The zero-order valence-corrected chi connectivity index (χ0v) is 12.4. The first-order valence-electron chi connectivity index (χ1n) is 7.12. The van der Waals surface area contributed by atoms with Crippen molar-refractivity contribution in [2.24, 2.45) is 5.92 Å². The van der Waals surface area contributed by atoms with Crippen LogP contribution in [-0.4, -0.2) is 48.6 Å². The van der Waals surface area contributed by atoms with Crippen LogP contribution in [0.1, 0.15) is 30.8 Å². The molecule has 2 heterocycles. The minimum atomic E-state index is -0.402. The van der Waals surface area contributed by atoms with E-state index >= 15 is 0 Å². The first-order valence-corrected chi connectivity index (χ1v) is 7.12. The zero-order chi connectivity index (χ0) is 14.5. The van der Waals surface area contributed by atoms with Crippen molar-refractivity contribution in [3.05, 3.63) is 24.0 Å². The Morgan fingerprint density at radius 3 is 3.05 bits per heavy atom. The maximum Gasteiger partial charge on any atom is 0.356 e. The molecule has 1 N–H and O–H groups in total. The summed E-state index contributed by atoms with van der Waals surface area (Å²) in [6.07, 6.45) is 2.85. The summed E-state index contributed by atoms with van der Waals surface area (Å²) in [5.41, 5.74) is 1.26. The van der Waals surface area contributed by atoms with Crippen LogP contribution in [0, 0.1) is 5.92 Å². The number of anilines is 1. The second-order valence-corrected chi connectivity index (χ2v) is 5.55. The average molecular weight is 277 g/mol. The lowest BCUT2D eigenvalue weighted by Crippen LogP contribution is -2.29. The van der Waals surface area contributed by atoms with Crippen molar-refractivity contribution < 1.29 is 9.53 Å². The Hall–Kier alpha value is -1.62. The molecule has 2 rings (SSSR count). The van der Waals surface area contributed by atoms with Gasteiger partial charge in [0.15, 0.2) is 0 Å². The zero-order valence-electron chi connectivity index (χ0n) is 12.4. The van der Waals surface area contributed by atoms with E-state index in [1.54, 1.807) is 12.3 Å². The Balaban J connectivity index is 1.87. The smallest absolute Gasteiger partial charge is 0.356 e. The number of ether oxygens (including phenoxy) is 1. The molecule has 0 bridgehead atoms. The monoisotopic (exact) mass is 277 g/mol. The van der Waals surface area contributed by atoms with Crippen LogP contribution in [0.3, 0.4) is 0 Å². The van der Waals surface area contributed by atoms with Crippen LogP contribution in [0.25, 0.3) is 0 Å². The number of esters is 1. The van der Waals surface area contributed by atoms with Crippen molar-refractivity contribution >= 4 is 11.7 Å². The number of carbonyl (C=O) groups is 1. The Morgan fingerprint density at radius 2 is 2.40 bits per heavy atom. The minimum Gasteiger partial charge on any atom is -0.464 e. The van der Waals surface area contributed by atoms with Gasteiger partial charge in [-0.05, 0) is 44.9 Å². The molecule has 20 heavy (non-hydrogen) atoms. The van der Waals surface area contributed by atoms with Crippen LogP contribution in [0.15, 0.2) is 18.3 Å². The predicted molar refractivity (Wildman–Crippen MR) is 78.9 cm³/mol. The Morgan fingerprint density at radius 1 is 1.60 bits per heavy atom. The molecule has 1 aromatic rings. The van der Waals surface area contributed by atoms with E-state index in [1.165, 1.54) is 20.1 Å². The molecule has 1 aliphatic heterocycles. The van der Waals surface area contributed by atoms with Gasteiger partial charge in [-0.1, -0.05) is 0 Å². The molecule has 0 saturated carbocycles. The van der Waals surface area contributed by atoms with Crippen LogP contribution >= 0.6 is 0 Å². The molecular formula is C15H23N3O2. The summed E-state index contributed by atoms with van der Waals surface area (Å²) in [7, 11) is 1.36. The number of rotatable bonds is 5. The highest BCUT2D eigenvalue weighted by Crippen LogP contribution is 2.19. The number of aromatic nitrogens is 1. The fourth-order valence-electron chi connectivity index (χ4n) is 2.52. The second kappa shape index (κ2) is 6.70. The van der Waals surface area contributed by atoms with E-state index < -0.39 is 5.97 Å². The maximum absolute atomic E-state index is 11.4. The molecule has 1 aliphatic rings. The topological polar surface area (TPSA) is 54.5 Å². The van der Waals surface area contributed by atoms with E-state index in [1.807, 2.05) is 6.07 Å². The Kier molecular flexibility index (Phi) is 4.95. The van der Waals surface area contributed by atoms with Gasteiger partial charge in [-0.15, -0.1) is 0 Å². The van der Waals surface area contributed by atoms with Gasteiger partial charge in [-0.25, -0.2) is 9.78 Å². The molecule has 1 unspecified atom stereocenters. The highest BCUT2D eigenvalue weighted by molar-refractivity contribution is 5.88. The van der Waals surface area contributed by atoms with Gasteiger partial charge >= 0.3 is 5.97 Å². The SMILES string of the molecule is COC(=O)c1cc(NCC2CCN(C(C)C)C2)ccn1. The summed E-state index contributed by atoms with van der Waals surface area (Å²) in [6, 6.07) is 4.23. The minimum absolute atomic E-state index is 0.340. The maximum atomic E-state index is 11.4. The van der Waals surface area contributed by atoms with E-state index in [9.17, 15) is 4.79 Å². The number of likely N-dealkylation sites (tertiary alicyclic amines) is 1. The third-order valence-electron chi connectivity index (χ3n) is 3.80. The predicted octanol–water partition coefficient (Wildman–Crippen LogP) is 2.01. The molecule has 0 radical (unpaired) electrons. The lowest BCUT2D eigenvalue weighted by atomic mass is 10.1. The van der Waals surface area contributed by atoms with Crippen molar-refractivity contribution in [1.29, 1.82) is 0 Å². The van der Waals surface area contributed by atoms with Crippen molar-refractivity contribution in [2.45, 2.75) is 26.3 Å². The molecule has 0 aromatic carbocycles. The van der Waals surface area contributed by atoms with Gasteiger partial charge < -0.3 is 15.0 Å². The number of hydrogen-bond acceptors (Lipinski definition) is 5. The van der Waals surface area contributed by atoms with Gasteiger partial charge in [0.05, 0.1) is 7.11 Å². The fourth-order valence-corrected chi connectivity index (χ4v) is 2.52.